The highest BCUT2D eigenvalue weighted by Gasteiger charge is 2.19. The van der Waals surface area contributed by atoms with Gasteiger partial charge in [0.2, 0.25) is 11.9 Å². The van der Waals surface area contributed by atoms with Crippen molar-refractivity contribution in [1.29, 1.82) is 0 Å². The van der Waals surface area contributed by atoms with E-state index in [4.69, 9.17) is 11.6 Å². The van der Waals surface area contributed by atoms with E-state index in [-0.39, 0.29) is 18.3 Å². The number of piperazine rings is 1. The minimum Gasteiger partial charge on any atom is -0.340 e. The van der Waals surface area contributed by atoms with Crippen molar-refractivity contribution in [2.75, 3.05) is 45.2 Å². The molecule has 0 N–H and O–H groups in total. The maximum absolute atomic E-state index is 13.6. The molecule has 6 rings (SSSR count). The van der Waals surface area contributed by atoms with Crippen LogP contribution in [0.25, 0.3) is 22.3 Å². The van der Waals surface area contributed by atoms with Crippen molar-refractivity contribution in [2.24, 2.45) is 0 Å². The van der Waals surface area contributed by atoms with E-state index in [0.717, 1.165) is 48.4 Å². The number of thioether (sulfide) groups is 1. The fourth-order valence-corrected chi connectivity index (χ4v) is 6.38. The zero-order valence-corrected chi connectivity index (χ0v) is 28.3. The van der Waals surface area contributed by atoms with E-state index >= 15 is 0 Å². The summed E-state index contributed by atoms with van der Waals surface area (Å²) in [6.07, 6.45) is 4.93. The molecule has 0 radical (unpaired) electrons. The van der Waals surface area contributed by atoms with Gasteiger partial charge in [0.1, 0.15) is 12.4 Å². The molecule has 9 nitrogen and oxygen atoms in total. The van der Waals surface area contributed by atoms with Crippen molar-refractivity contribution in [3.8, 4) is 22.3 Å². The normalized spacial score (nSPS) is 13.5. The van der Waals surface area contributed by atoms with Crippen molar-refractivity contribution < 1.29 is 9.18 Å². The van der Waals surface area contributed by atoms with Gasteiger partial charge in [0.25, 0.3) is 5.56 Å². The van der Waals surface area contributed by atoms with E-state index in [1.54, 1.807) is 47.2 Å². The van der Waals surface area contributed by atoms with Gasteiger partial charge in [0.05, 0.1) is 5.56 Å². The lowest BCUT2D eigenvalue weighted by Gasteiger charge is -2.32. The third-order valence-electron chi connectivity index (χ3n) is 8.26. The van der Waals surface area contributed by atoms with Crippen LogP contribution in [0.2, 0.25) is 5.02 Å². The number of rotatable bonds is 10. The van der Waals surface area contributed by atoms with E-state index < -0.39 is 5.56 Å². The second kappa shape index (κ2) is 15.1. The monoisotopic (exact) mass is 683 g/mol. The first-order valence-electron chi connectivity index (χ1n) is 15.6. The van der Waals surface area contributed by atoms with Gasteiger partial charge in [-0.3, -0.25) is 9.59 Å². The summed E-state index contributed by atoms with van der Waals surface area (Å²) in [5.74, 6) is 0.583. The maximum Gasteiger partial charge on any atom is 0.281 e. The minimum absolute atomic E-state index is 0.0361. The molecule has 1 saturated heterocycles. The largest absolute Gasteiger partial charge is 0.340 e. The Morgan fingerprint density at radius 2 is 1.48 bits per heavy atom. The Morgan fingerprint density at radius 1 is 0.875 bits per heavy atom. The molecule has 12 heteroatoms. The minimum atomic E-state index is -0.439. The molecule has 246 valence electrons. The van der Waals surface area contributed by atoms with Gasteiger partial charge < -0.3 is 19.3 Å². The van der Waals surface area contributed by atoms with Crippen LogP contribution in [0, 0.1) is 5.82 Å². The zero-order valence-electron chi connectivity index (χ0n) is 26.7. The summed E-state index contributed by atoms with van der Waals surface area (Å²) in [5, 5.41) is 1.07. The van der Waals surface area contributed by atoms with E-state index in [0.29, 0.717) is 39.6 Å². The Morgan fingerprint density at radius 3 is 2.12 bits per heavy atom. The molecule has 0 bridgehead atoms. The first kappa shape index (κ1) is 33.3. The molecule has 0 spiro atoms. The highest BCUT2D eigenvalue weighted by atomic mass is 35.5. The summed E-state index contributed by atoms with van der Waals surface area (Å²) < 4.78 is 15.2. The molecule has 3 heterocycles. The van der Waals surface area contributed by atoms with Crippen molar-refractivity contribution in [1.82, 2.24) is 29.3 Å². The molecule has 0 aliphatic carbocycles. The van der Waals surface area contributed by atoms with E-state index in [2.05, 4.69) is 31.8 Å². The quantitative estimate of drug-likeness (QED) is 0.134. The van der Waals surface area contributed by atoms with Crippen LogP contribution in [0.5, 0.6) is 0 Å². The van der Waals surface area contributed by atoms with Gasteiger partial charge in [-0.2, -0.15) is 4.98 Å². The maximum atomic E-state index is 13.6. The van der Waals surface area contributed by atoms with Gasteiger partial charge in [0, 0.05) is 74.7 Å². The molecular formula is C36H35ClFN7O2S. The van der Waals surface area contributed by atoms with E-state index in [1.807, 2.05) is 48.5 Å². The van der Waals surface area contributed by atoms with Crippen LogP contribution in [0.1, 0.15) is 11.1 Å². The summed E-state index contributed by atoms with van der Waals surface area (Å²) in [5.41, 5.74) is 4.34. The first-order valence-corrected chi connectivity index (χ1v) is 16.9. The van der Waals surface area contributed by atoms with Gasteiger partial charge in [-0.15, -0.1) is 0 Å². The van der Waals surface area contributed by atoms with Gasteiger partial charge in [-0.1, -0.05) is 71.9 Å². The lowest BCUT2D eigenvalue weighted by Crippen LogP contribution is -2.45. The van der Waals surface area contributed by atoms with Crippen molar-refractivity contribution >= 4 is 35.2 Å². The average molecular weight is 684 g/mol. The van der Waals surface area contributed by atoms with E-state index in [9.17, 15) is 14.0 Å². The summed E-state index contributed by atoms with van der Waals surface area (Å²) in [6, 6.07) is 21.9. The Kier molecular flexibility index (Phi) is 10.5. The zero-order chi connectivity index (χ0) is 33.6. The first-order chi connectivity index (χ1) is 23.2. The standard InChI is InChI=1S/C36H35ClFN7O2S/c1-42-15-17-44(18-16-42)35-39-19-29(20-40-35)32-22-45(36(41-34(32)47)48-24-26-5-13-31(38)14-6-26)23-33(46)43(2)21-25-3-7-27(8-4-25)28-9-11-30(37)12-10-28/h3-14,19-20,22H,15-18,21,23-24H2,1-2H3. The van der Waals surface area contributed by atoms with Crippen molar-refractivity contribution in [2.45, 2.75) is 24.0 Å². The fourth-order valence-electron chi connectivity index (χ4n) is 5.34. The third-order valence-corrected chi connectivity index (χ3v) is 9.57. The van der Waals surface area contributed by atoms with Crippen LogP contribution in [0.15, 0.2) is 101 Å². The van der Waals surface area contributed by atoms with Gasteiger partial charge >= 0.3 is 0 Å². The number of halogens is 2. The Balaban J connectivity index is 1.21. The predicted molar refractivity (Wildman–Crippen MR) is 189 cm³/mol. The highest BCUT2D eigenvalue weighted by Crippen LogP contribution is 2.25. The SMILES string of the molecule is CN1CCN(c2ncc(-c3cn(CC(=O)N(C)Cc4ccc(-c5ccc(Cl)cc5)cc4)c(SCc4ccc(F)cc4)nc3=O)cn2)CC1. The van der Waals surface area contributed by atoms with Crippen LogP contribution < -0.4 is 10.5 Å². The van der Waals surface area contributed by atoms with Crippen LogP contribution in [0.4, 0.5) is 10.3 Å². The molecule has 2 aromatic heterocycles. The molecule has 1 aliphatic heterocycles. The molecule has 48 heavy (non-hydrogen) atoms. The van der Waals surface area contributed by atoms with Crippen molar-refractivity contribution in [3.63, 3.8) is 0 Å². The third kappa shape index (κ3) is 8.28. The summed E-state index contributed by atoms with van der Waals surface area (Å²) in [4.78, 5) is 46.4. The second-order valence-corrected chi connectivity index (χ2v) is 13.2. The number of anilines is 1. The summed E-state index contributed by atoms with van der Waals surface area (Å²) in [6.45, 7) is 3.87. The van der Waals surface area contributed by atoms with Gasteiger partial charge in [-0.05, 0) is 53.6 Å². The number of likely N-dealkylation sites (N-methyl/N-ethyl adjacent to an activating group) is 2. The lowest BCUT2D eigenvalue weighted by atomic mass is 10.0. The van der Waals surface area contributed by atoms with Crippen LogP contribution >= 0.6 is 23.4 Å². The molecule has 1 amide bonds. The molecule has 5 aromatic rings. The lowest BCUT2D eigenvalue weighted by molar-refractivity contribution is -0.131. The summed E-state index contributed by atoms with van der Waals surface area (Å²) in [7, 11) is 3.84. The molecular weight excluding hydrogens is 649 g/mol. The van der Waals surface area contributed by atoms with Gasteiger partial charge in [-0.25, -0.2) is 14.4 Å². The summed E-state index contributed by atoms with van der Waals surface area (Å²) >= 11 is 7.34. The number of hydrogen-bond acceptors (Lipinski definition) is 8. The number of benzene rings is 3. The van der Waals surface area contributed by atoms with Crippen LogP contribution in [0.3, 0.4) is 0 Å². The number of carbonyl (C=O) groups is 1. The second-order valence-electron chi connectivity index (χ2n) is 11.8. The number of carbonyl (C=O) groups excluding carboxylic acids is 1. The van der Waals surface area contributed by atoms with Crippen LogP contribution in [-0.4, -0.2) is 75.5 Å². The molecule has 0 saturated carbocycles. The fraction of sp³-hybridized carbons (Fsp3) is 0.250. The highest BCUT2D eigenvalue weighted by molar-refractivity contribution is 7.98. The Bertz CT molecular complexity index is 1910. The number of nitrogens with zero attached hydrogens (tertiary/aromatic N) is 7. The molecule has 0 atom stereocenters. The average Bonchev–Trinajstić information content (AvgIpc) is 3.10. The molecule has 1 fully saturated rings. The topological polar surface area (TPSA) is 87.5 Å². The number of hydrogen-bond donors (Lipinski definition) is 0. The molecule has 1 aliphatic rings. The van der Waals surface area contributed by atoms with E-state index in [1.165, 1.54) is 23.9 Å². The Labute approximate surface area is 288 Å². The molecule has 3 aromatic carbocycles. The van der Waals surface area contributed by atoms with Crippen LogP contribution in [-0.2, 0) is 23.6 Å². The molecule has 0 unspecified atom stereocenters. The Hall–Kier alpha value is -4.58. The van der Waals surface area contributed by atoms with Gasteiger partial charge in [0.15, 0.2) is 5.16 Å². The smallest absolute Gasteiger partial charge is 0.281 e. The number of aromatic nitrogens is 4. The number of amides is 1. The van der Waals surface area contributed by atoms with Crippen molar-refractivity contribution in [3.05, 3.63) is 124 Å². The predicted octanol–water partition coefficient (Wildman–Crippen LogP) is 5.86.